The highest BCUT2D eigenvalue weighted by Crippen LogP contribution is 2.30. The first-order valence-electron chi connectivity index (χ1n) is 9.05. The number of rotatable bonds is 6. The molecular formula is C18H34N2O2. The molecule has 0 aromatic carbocycles. The molecule has 2 aliphatic rings. The fraction of sp³-hybridized carbons (Fsp3) is 0.944. The van der Waals surface area contributed by atoms with Crippen LogP contribution in [-0.2, 0) is 4.74 Å². The second-order valence-electron chi connectivity index (χ2n) is 8.26. The van der Waals surface area contributed by atoms with Crippen molar-refractivity contribution in [1.29, 1.82) is 0 Å². The first-order chi connectivity index (χ1) is 10.3. The molecule has 2 atom stereocenters. The lowest BCUT2D eigenvalue weighted by molar-refractivity contribution is 0.0287. The van der Waals surface area contributed by atoms with Crippen molar-refractivity contribution in [2.45, 2.75) is 77.9 Å². The van der Waals surface area contributed by atoms with Crippen LogP contribution in [0.1, 0.15) is 66.2 Å². The fourth-order valence-corrected chi connectivity index (χ4v) is 3.41. The summed E-state index contributed by atoms with van der Waals surface area (Å²) in [4.78, 5) is 13.9. The number of likely N-dealkylation sites (tertiary alicyclic amines) is 1. The Balaban J connectivity index is 1.58. The molecule has 0 aromatic heterocycles. The van der Waals surface area contributed by atoms with Crippen LogP contribution in [0, 0.1) is 11.8 Å². The standard InChI is InChI=1S/C18H34N2O2/c1-14(12-15-6-5-7-15)19-10-8-16-9-11-20(13-16)17(21)22-18(2,3)4/h14-16,19H,5-13H2,1-4H3. The number of nitrogens with zero attached hydrogens (tertiary/aromatic N) is 1. The molecule has 1 aliphatic heterocycles. The lowest BCUT2D eigenvalue weighted by Gasteiger charge is -2.28. The van der Waals surface area contributed by atoms with Gasteiger partial charge in [0.1, 0.15) is 5.60 Å². The average Bonchev–Trinajstić information content (AvgIpc) is 2.81. The van der Waals surface area contributed by atoms with Crippen molar-refractivity contribution in [1.82, 2.24) is 10.2 Å². The summed E-state index contributed by atoms with van der Waals surface area (Å²) in [5.41, 5.74) is -0.395. The second kappa shape index (κ2) is 7.67. The number of ether oxygens (including phenoxy) is 1. The maximum Gasteiger partial charge on any atom is 0.410 e. The Hall–Kier alpha value is -0.770. The monoisotopic (exact) mass is 310 g/mol. The van der Waals surface area contributed by atoms with E-state index in [1.807, 2.05) is 25.7 Å². The van der Waals surface area contributed by atoms with Crippen molar-refractivity contribution in [3.63, 3.8) is 0 Å². The highest BCUT2D eigenvalue weighted by atomic mass is 16.6. The van der Waals surface area contributed by atoms with Crippen molar-refractivity contribution in [2.24, 2.45) is 11.8 Å². The third kappa shape index (κ3) is 5.79. The second-order valence-corrected chi connectivity index (χ2v) is 8.26. The fourth-order valence-electron chi connectivity index (χ4n) is 3.41. The van der Waals surface area contributed by atoms with E-state index in [0.29, 0.717) is 12.0 Å². The zero-order chi connectivity index (χ0) is 16.2. The summed E-state index contributed by atoms with van der Waals surface area (Å²) in [6, 6.07) is 0.633. The molecule has 2 rings (SSSR count). The highest BCUT2D eigenvalue weighted by molar-refractivity contribution is 5.68. The van der Waals surface area contributed by atoms with Gasteiger partial charge in [-0.2, -0.15) is 0 Å². The molecular weight excluding hydrogens is 276 g/mol. The zero-order valence-electron chi connectivity index (χ0n) is 14.9. The summed E-state index contributed by atoms with van der Waals surface area (Å²) in [7, 11) is 0. The molecule has 22 heavy (non-hydrogen) atoms. The third-order valence-corrected chi connectivity index (χ3v) is 4.89. The maximum atomic E-state index is 12.0. The van der Waals surface area contributed by atoms with Crippen LogP contribution in [0.4, 0.5) is 4.79 Å². The van der Waals surface area contributed by atoms with Crippen molar-refractivity contribution >= 4 is 6.09 Å². The van der Waals surface area contributed by atoms with Crippen LogP contribution in [0.25, 0.3) is 0 Å². The van der Waals surface area contributed by atoms with Crippen LogP contribution in [-0.4, -0.2) is 42.3 Å². The SMILES string of the molecule is CC(CC1CCC1)NCCC1CCN(C(=O)OC(C)(C)C)C1. The van der Waals surface area contributed by atoms with E-state index in [4.69, 9.17) is 4.74 Å². The predicted molar refractivity (Wildman–Crippen MR) is 90.0 cm³/mol. The molecule has 1 saturated heterocycles. The van der Waals surface area contributed by atoms with Gasteiger partial charge in [-0.25, -0.2) is 4.79 Å². The van der Waals surface area contributed by atoms with Crippen molar-refractivity contribution in [3.05, 3.63) is 0 Å². The molecule has 1 aliphatic carbocycles. The Morgan fingerprint density at radius 3 is 2.59 bits per heavy atom. The summed E-state index contributed by atoms with van der Waals surface area (Å²) in [6.07, 6.45) is 7.74. The molecule has 0 bridgehead atoms. The van der Waals surface area contributed by atoms with Crippen LogP contribution < -0.4 is 5.32 Å². The van der Waals surface area contributed by atoms with E-state index < -0.39 is 5.60 Å². The maximum absolute atomic E-state index is 12.0. The summed E-state index contributed by atoms with van der Waals surface area (Å²) in [6.45, 7) is 10.8. The van der Waals surface area contributed by atoms with Crippen molar-refractivity contribution in [2.75, 3.05) is 19.6 Å². The van der Waals surface area contributed by atoms with Crippen molar-refractivity contribution in [3.8, 4) is 0 Å². The molecule has 128 valence electrons. The van der Waals surface area contributed by atoms with E-state index in [0.717, 1.165) is 38.4 Å². The first kappa shape index (κ1) is 17.6. The largest absolute Gasteiger partial charge is 0.444 e. The molecule has 1 amide bonds. The Bertz CT molecular complexity index is 361. The Kier molecular flexibility index (Phi) is 6.13. The van der Waals surface area contributed by atoms with E-state index in [1.54, 1.807) is 0 Å². The summed E-state index contributed by atoms with van der Waals surface area (Å²) < 4.78 is 5.45. The summed E-state index contributed by atoms with van der Waals surface area (Å²) in [5.74, 6) is 1.59. The summed E-state index contributed by atoms with van der Waals surface area (Å²) in [5, 5.41) is 3.66. The van der Waals surface area contributed by atoms with Gasteiger partial charge in [-0.1, -0.05) is 19.3 Å². The number of nitrogens with one attached hydrogen (secondary N) is 1. The number of hydrogen-bond donors (Lipinski definition) is 1. The molecule has 1 heterocycles. The van der Waals surface area contributed by atoms with E-state index in [9.17, 15) is 4.79 Å². The van der Waals surface area contributed by atoms with Gasteiger partial charge >= 0.3 is 6.09 Å². The van der Waals surface area contributed by atoms with Gasteiger partial charge in [-0.3, -0.25) is 0 Å². The number of carbonyl (C=O) groups excluding carboxylic acids is 1. The van der Waals surface area contributed by atoms with E-state index >= 15 is 0 Å². The molecule has 0 aromatic rings. The Labute approximate surface area is 136 Å². The Morgan fingerprint density at radius 2 is 2.00 bits per heavy atom. The average molecular weight is 310 g/mol. The zero-order valence-corrected chi connectivity index (χ0v) is 14.9. The van der Waals surface area contributed by atoms with Crippen LogP contribution in [0.2, 0.25) is 0 Å². The normalized spacial score (nSPS) is 24.2. The van der Waals surface area contributed by atoms with E-state index in [2.05, 4.69) is 12.2 Å². The van der Waals surface area contributed by atoms with Crippen LogP contribution in [0.3, 0.4) is 0 Å². The molecule has 2 unspecified atom stereocenters. The molecule has 4 heteroatoms. The third-order valence-electron chi connectivity index (χ3n) is 4.89. The lowest BCUT2D eigenvalue weighted by Crippen LogP contribution is -2.35. The lowest BCUT2D eigenvalue weighted by atomic mass is 9.81. The molecule has 0 radical (unpaired) electrons. The number of hydrogen-bond acceptors (Lipinski definition) is 3. The Morgan fingerprint density at radius 1 is 1.27 bits per heavy atom. The first-order valence-corrected chi connectivity index (χ1v) is 9.05. The highest BCUT2D eigenvalue weighted by Gasteiger charge is 2.29. The van der Waals surface area contributed by atoms with Gasteiger partial charge < -0.3 is 15.0 Å². The molecule has 4 nitrogen and oxygen atoms in total. The topological polar surface area (TPSA) is 41.6 Å². The van der Waals surface area contributed by atoms with Gasteiger partial charge in [-0.15, -0.1) is 0 Å². The van der Waals surface area contributed by atoms with Crippen LogP contribution in [0.15, 0.2) is 0 Å². The molecule has 1 saturated carbocycles. The molecule has 1 N–H and O–H groups in total. The van der Waals surface area contributed by atoms with Gasteiger partial charge in [0.05, 0.1) is 0 Å². The summed E-state index contributed by atoms with van der Waals surface area (Å²) >= 11 is 0. The van der Waals surface area contributed by atoms with Crippen LogP contribution >= 0.6 is 0 Å². The van der Waals surface area contributed by atoms with Gasteiger partial charge in [0, 0.05) is 19.1 Å². The minimum Gasteiger partial charge on any atom is -0.444 e. The van der Waals surface area contributed by atoms with E-state index in [1.165, 1.54) is 25.7 Å². The minimum atomic E-state index is -0.395. The number of carbonyl (C=O) groups is 1. The number of amides is 1. The van der Waals surface area contributed by atoms with Gasteiger partial charge in [-0.05, 0) is 65.3 Å². The van der Waals surface area contributed by atoms with Gasteiger partial charge in [0.25, 0.3) is 0 Å². The smallest absolute Gasteiger partial charge is 0.410 e. The predicted octanol–water partition coefficient (Wildman–Crippen LogP) is 3.80. The van der Waals surface area contributed by atoms with Gasteiger partial charge in [0.2, 0.25) is 0 Å². The molecule has 2 fully saturated rings. The van der Waals surface area contributed by atoms with Crippen LogP contribution in [0.5, 0.6) is 0 Å². The molecule has 0 spiro atoms. The van der Waals surface area contributed by atoms with E-state index in [-0.39, 0.29) is 6.09 Å². The van der Waals surface area contributed by atoms with Gasteiger partial charge in [0.15, 0.2) is 0 Å². The minimum absolute atomic E-state index is 0.152. The van der Waals surface area contributed by atoms with Crippen molar-refractivity contribution < 1.29 is 9.53 Å². The quantitative estimate of drug-likeness (QED) is 0.811.